The van der Waals surface area contributed by atoms with Crippen molar-refractivity contribution < 1.29 is 4.79 Å². The topological polar surface area (TPSA) is 32.3 Å². The molecule has 112 valence electrons. The summed E-state index contributed by atoms with van der Waals surface area (Å²) in [5, 5.41) is 3.40. The summed E-state index contributed by atoms with van der Waals surface area (Å²) >= 11 is 0. The lowest BCUT2D eigenvalue weighted by Crippen LogP contribution is -2.43. The Morgan fingerprint density at radius 1 is 1.21 bits per heavy atom. The van der Waals surface area contributed by atoms with Crippen LogP contribution in [0.15, 0.2) is 0 Å². The highest BCUT2D eigenvalue weighted by molar-refractivity contribution is 5.80. The van der Waals surface area contributed by atoms with E-state index in [0.717, 1.165) is 18.4 Å². The Kier molecular flexibility index (Phi) is 5.84. The van der Waals surface area contributed by atoms with Crippen LogP contribution < -0.4 is 5.32 Å². The van der Waals surface area contributed by atoms with E-state index in [1.807, 2.05) is 21.0 Å². The molecule has 1 rings (SSSR count). The van der Waals surface area contributed by atoms with E-state index in [1.165, 1.54) is 25.7 Å². The van der Waals surface area contributed by atoms with Crippen LogP contribution in [0.25, 0.3) is 0 Å². The van der Waals surface area contributed by atoms with Gasteiger partial charge in [-0.15, -0.1) is 0 Å². The minimum absolute atomic E-state index is 0.0599. The van der Waals surface area contributed by atoms with Crippen molar-refractivity contribution >= 4 is 5.91 Å². The van der Waals surface area contributed by atoms with Crippen LogP contribution >= 0.6 is 0 Å². The first kappa shape index (κ1) is 16.5. The van der Waals surface area contributed by atoms with Crippen molar-refractivity contribution in [1.82, 2.24) is 10.2 Å². The summed E-state index contributed by atoms with van der Waals surface area (Å²) in [6.45, 7) is 10.0. The molecule has 0 heterocycles. The van der Waals surface area contributed by atoms with E-state index < -0.39 is 0 Å². The van der Waals surface area contributed by atoms with Gasteiger partial charge in [0.2, 0.25) is 5.91 Å². The molecule has 0 aromatic carbocycles. The highest BCUT2D eigenvalue weighted by atomic mass is 16.2. The number of likely N-dealkylation sites (N-methyl/N-ethyl adjacent to an activating group) is 1. The Bertz CT molecular complexity index is 286. The number of nitrogens with zero attached hydrogens (tertiary/aromatic N) is 1. The van der Waals surface area contributed by atoms with Gasteiger partial charge in [-0.1, -0.05) is 20.8 Å². The van der Waals surface area contributed by atoms with Crippen LogP contribution in [0.2, 0.25) is 0 Å². The Morgan fingerprint density at radius 3 is 2.16 bits per heavy atom. The van der Waals surface area contributed by atoms with Crippen molar-refractivity contribution in [2.75, 3.05) is 20.6 Å². The average Bonchev–Trinajstić information content (AvgIpc) is 2.34. The molecule has 3 nitrogen and oxygen atoms in total. The van der Waals surface area contributed by atoms with Gasteiger partial charge in [-0.05, 0) is 56.4 Å². The zero-order valence-corrected chi connectivity index (χ0v) is 13.6. The lowest BCUT2D eigenvalue weighted by Gasteiger charge is -2.37. The van der Waals surface area contributed by atoms with Crippen molar-refractivity contribution in [1.29, 1.82) is 0 Å². The summed E-state index contributed by atoms with van der Waals surface area (Å²) in [5.74, 6) is 1.78. The highest BCUT2D eigenvalue weighted by Crippen LogP contribution is 2.39. The van der Waals surface area contributed by atoms with Crippen molar-refractivity contribution in [2.24, 2.45) is 17.3 Å². The number of rotatable bonds is 4. The van der Waals surface area contributed by atoms with Crippen molar-refractivity contribution in [3.8, 4) is 0 Å². The van der Waals surface area contributed by atoms with E-state index in [1.54, 1.807) is 4.90 Å². The fraction of sp³-hybridized carbons (Fsp3) is 0.938. The largest absolute Gasteiger partial charge is 0.347 e. The van der Waals surface area contributed by atoms with E-state index in [0.29, 0.717) is 5.41 Å². The normalized spacial score (nSPS) is 26.0. The van der Waals surface area contributed by atoms with Gasteiger partial charge in [-0.2, -0.15) is 0 Å². The summed E-state index contributed by atoms with van der Waals surface area (Å²) in [4.78, 5) is 13.4. The molecule has 1 N–H and O–H groups in total. The first-order chi connectivity index (χ1) is 8.71. The van der Waals surface area contributed by atoms with Crippen LogP contribution in [-0.4, -0.2) is 37.5 Å². The standard InChI is InChI=1S/C16H32N2O/c1-12(15(19)18(5)6)17-11-13-7-9-14(10-8-13)16(2,3)4/h12-14,17H,7-11H2,1-6H3. The predicted octanol–water partition coefficient (Wildman–Crippen LogP) is 2.91. The van der Waals surface area contributed by atoms with Gasteiger partial charge in [-0.25, -0.2) is 0 Å². The molecular weight excluding hydrogens is 236 g/mol. The van der Waals surface area contributed by atoms with Crippen molar-refractivity contribution in [3.05, 3.63) is 0 Å². The van der Waals surface area contributed by atoms with Gasteiger partial charge in [0.05, 0.1) is 6.04 Å². The minimum Gasteiger partial charge on any atom is -0.347 e. The van der Waals surface area contributed by atoms with E-state index in [-0.39, 0.29) is 11.9 Å². The molecule has 0 aromatic heterocycles. The molecule has 0 radical (unpaired) electrons. The van der Waals surface area contributed by atoms with Gasteiger partial charge in [0.15, 0.2) is 0 Å². The molecule has 1 aliphatic carbocycles. The van der Waals surface area contributed by atoms with Crippen LogP contribution in [0.3, 0.4) is 0 Å². The molecular formula is C16H32N2O. The molecule has 0 saturated heterocycles. The van der Waals surface area contributed by atoms with Gasteiger partial charge in [-0.3, -0.25) is 4.79 Å². The summed E-state index contributed by atoms with van der Waals surface area (Å²) in [6.07, 6.45) is 5.29. The van der Waals surface area contributed by atoms with E-state index >= 15 is 0 Å². The Labute approximate surface area is 119 Å². The zero-order chi connectivity index (χ0) is 14.6. The van der Waals surface area contributed by atoms with E-state index in [2.05, 4.69) is 26.1 Å². The van der Waals surface area contributed by atoms with E-state index in [4.69, 9.17) is 0 Å². The number of carbonyl (C=O) groups is 1. The van der Waals surface area contributed by atoms with Gasteiger partial charge in [0, 0.05) is 14.1 Å². The molecule has 0 aromatic rings. The summed E-state index contributed by atoms with van der Waals surface area (Å²) < 4.78 is 0. The van der Waals surface area contributed by atoms with Gasteiger partial charge in [0.25, 0.3) is 0 Å². The second kappa shape index (κ2) is 6.74. The lowest BCUT2D eigenvalue weighted by atomic mass is 9.70. The quantitative estimate of drug-likeness (QED) is 0.850. The van der Waals surface area contributed by atoms with Crippen LogP contribution in [0, 0.1) is 17.3 Å². The number of nitrogens with one attached hydrogen (secondary N) is 1. The molecule has 1 amide bonds. The second-order valence-electron chi connectivity index (χ2n) is 7.45. The highest BCUT2D eigenvalue weighted by Gasteiger charge is 2.29. The zero-order valence-electron chi connectivity index (χ0n) is 13.6. The molecule has 1 fully saturated rings. The molecule has 3 heteroatoms. The van der Waals surface area contributed by atoms with Crippen LogP contribution in [-0.2, 0) is 4.79 Å². The predicted molar refractivity (Wildman–Crippen MR) is 81.1 cm³/mol. The lowest BCUT2D eigenvalue weighted by molar-refractivity contribution is -0.130. The number of hydrogen-bond donors (Lipinski definition) is 1. The number of carbonyl (C=O) groups excluding carboxylic acids is 1. The van der Waals surface area contributed by atoms with Crippen LogP contribution in [0.1, 0.15) is 53.4 Å². The molecule has 1 aliphatic rings. The number of hydrogen-bond acceptors (Lipinski definition) is 2. The third kappa shape index (κ3) is 5.13. The molecule has 1 unspecified atom stereocenters. The maximum Gasteiger partial charge on any atom is 0.238 e. The maximum absolute atomic E-state index is 11.8. The molecule has 19 heavy (non-hydrogen) atoms. The smallest absolute Gasteiger partial charge is 0.238 e. The molecule has 1 saturated carbocycles. The minimum atomic E-state index is -0.0599. The Hall–Kier alpha value is -0.570. The maximum atomic E-state index is 11.8. The van der Waals surface area contributed by atoms with Crippen molar-refractivity contribution in [2.45, 2.75) is 59.4 Å². The fourth-order valence-corrected chi connectivity index (χ4v) is 3.05. The van der Waals surface area contributed by atoms with Gasteiger partial charge in [0.1, 0.15) is 0 Å². The van der Waals surface area contributed by atoms with Crippen LogP contribution in [0.4, 0.5) is 0 Å². The van der Waals surface area contributed by atoms with Crippen molar-refractivity contribution in [3.63, 3.8) is 0 Å². The number of amides is 1. The van der Waals surface area contributed by atoms with Crippen LogP contribution in [0.5, 0.6) is 0 Å². The SMILES string of the molecule is CC(NCC1CCC(C(C)(C)C)CC1)C(=O)N(C)C. The molecule has 0 aliphatic heterocycles. The monoisotopic (exact) mass is 268 g/mol. The average molecular weight is 268 g/mol. The Morgan fingerprint density at radius 2 is 1.74 bits per heavy atom. The Balaban J connectivity index is 2.29. The first-order valence-corrected chi connectivity index (χ1v) is 7.66. The summed E-state index contributed by atoms with van der Waals surface area (Å²) in [7, 11) is 3.63. The van der Waals surface area contributed by atoms with Gasteiger partial charge < -0.3 is 10.2 Å². The van der Waals surface area contributed by atoms with Gasteiger partial charge >= 0.3 is 0 Å². The molecule has 1 atom stereocenters. The fourth-order valence-electron chi connectivity index (χ4n) is 3.05. The second-order valence-corrected chi connectivity index (χ2v) is 7.45. The molecule has 0 bridgehead atoms. The third-order valence-corrected chi connectivity index (χ3v) is 4.60. The first-order valence-electron chi connectivity index (χ1n) is 7.66. The summed E-state index contributed by atoms with van der Waals surface area (Å²) in [6, 6.07) is -0.0599. The van der Waals surface area contributed by atoms with E-state index in [9.17, 15) is 4.79 Å². The summed E-state index contributed by atoms with van der Waals surface area (Å²) in [5.41, 5.74) is 0.451. The third-order valence-electron chi connectivity index (χ3n) is 4.60. The molecule has 0 spiro atoms.